The first-order valence-electron chi connectivity index (χ1n) is 6.16. The van der Waals surface area contributed by atoms with Crippen LogP contribution in [0.15, 0.2) is 17.2 Å². The van der Waals surface area contributed by atoms with E-state index in [1.807, 2.05) is 13.8 Å². The molecule has 1 N–H and O–H groups in total. The van der Waals surface area contributed by atoms with Crippen LogP contribution in [0.2, 0.25) is 0 Å². The van der Waals surface area contributed by atoms with Gasteiger partial charge in [0.1, 0.15) is 0 Å². The third-order valence-electron chi connectivity index (χ3n) is 2.34. The Morgan fingerprint density at radius 2 is 2.29 bits per heavy atom. The molecular formula is C12H21N3O2. The highest BCUT2D eigenvalue weighted by Crippen LogP contribution is 1.95. The highest BCUT2D eigenvalue weighted by molar-refractivity contribution is 5.30. The molecule has 0 aromatic carbocycles. The van der Waals surface area contributed by atoms with Gasteiger partial charge in [0.2, 0.25) is 0 Å². The molecule has 0 aliphatic rings. The van der Waals surface area contributed by atoms with Crippen molar-refractivity contribution in [3.63, 3.8) is 0 Å². The summed E-state index contributed by atoms with van der Waals surface area (Å²) in [7, 11) is 0. The molecule has 0 atom stereocenters. The standard InChI is InChI=1S/C12H21N3O2/c1-3-8-15-9-7-14-11(12(15)16)13-6-5-10-17-4-2/h7,9H,3-6,8,10H2,1-2H3,(H,13,14). The number of ether oxygens (including phenoxy) is 1. The number of aryl methyl sites for hydroxylation is 1. The molecule has 0 saturated heterocycles. The summed E-state index contributed by atoms with van der Waals surface area (Å²) in [5, 5.41) is 3.05. The molecule has 0 spiro atoms. The Morgan fingerprint density at radius 1 is 1.47 bits per heavy atom. The Hall–Kier alpha value is -1.36. The molecule has 0 unspecified atom stereocenters. The SMILES string of the molecule is CCCn1ccnc(NCCCOCC)c1=O. The van der Waals surface area contributed by atoms with Gasteiger partial charge in [-0.3, -0.25) is 4.79 Å². The third kappa shape index (κ3) is 4.56. The van der Waals surface area contributed by atoms with E-state index in [-0.39, 0.29) is 5.56 Å². The fourth-order valence-electron chi connectivity index (χ4n) is 1.51. The van der Waals surface area contributed by atoms with Gasteiger partial charge in [-0.15, -0.1) is 0 Å². The second kappa shape index (κ2) is 7.84. The second-order valence-electron chi connectivity index (χ2n) is 3.75. The van der Waals surface area contributed by atoms with Gasteiger partial charge in [-0.1, -0.05) is 6.92 Å². The fourth-order valence-corrected chi connectivity index (χ4v) is 1.51. The predicted molar refractivity (Wildman–Crippen MR) is 68.4 cm³/mol. The molecule has 1 rings (SSSR count). The molecule has 96 valence electrons. The van der Waals surface area contributed by atoms with Crippen molar-refractivity contribution in [1.29, 1.82) is 0 Å². The summed E-state index contributed by atoms with van der Waals surface area (Å²) in [4.78, 5) is 15.9. The summed E-state index contributed by atoms with van der Waals surface area (Å²) < 4.78 is 6.90. The maximum Gasteiger partial charge on any atom is 0.293 e. The van der Waals surface area contributed by atoms with Crippen LogP contribution in [0.1, 0.15) is 26.7 Å². The number of hydrogen-bond donors (Lipinski definition) is 1. The lowest BCUT2D eigenvalue weighted by atomic mass is 10.4. The van der Waals surface area contributed by atoms with Crippen LogP contribution in [0.3, 0.4) is 0 Å². The van der Waals surface area contributed by atoms with E-state index in [2.05, 4.69) is 10.3 Å². The second-order valence-corrected chi connectivity index (χ2v) is 3.75. The van der Waals surface area contributed by atoms with E-state index in [4.69, 9.17) is 4.74 Å². The predicted octanol–water partition coefficient (Wildman–Crippen LogP) is 1.49. The first-order chi connectivity index (χ1) is 8.29. The maximum absolute atomic E-state index is 11.9. The minimum atomic E-state index is -0.0502. The summed E-state index contributed by atoms with van der Waals surface area (Å²) in [6.45, 7) is 6.89. The number of aromatic nitrogens is 2. The molecule has 0 bridgehead atoms. The van der Waals surface area contributed by atoms with Crippen LogP contribution in [0.4, 0.5) is 5.82 Å². The maximum atomic E-state index is 11.9. The van der Waals surface area contributed by atoms with Crippen molar-refractivity contribution >= 4 is 5.82 Å². The molecule has 0 aliphatic heterocycles. The first kappa shape index (κ1) is 13.7. The van der Waals surface area contributed by atoms with Gasteiger partial charge >= 0.3 is 0 Å². The van der Waals surface area contributed by atoms with Crippen molar-refractivity contribution in [2.45, 2.75) is 33.2 Å². The number of nitrogens with one attached hydrogen (secondary N) is 1. The van der Waals surface area contributed by atoms with Gasteiger partial charge in [0, 0.05) is 38.7 Å². The van der Waals surface area contributed by atoms with E-state index in [0.29, 0.717) is 19.0 Å². The lowest BCUT2D eigenvalue weighted by Gasteiger charge is -2.08. The minimum Gasteiger partial charge on any atom is -0.382 e. The monoisotopic (exact) mass is 239 g/mol. The van der Waals surface area contributed by atoms with Crippen LogP contribution >= 0.6 is 0 Å². The lowest BCUT2D eigenvalue weighted by molar-refractivity contribution is 0.147. The molecule has 1 heterocycles. The van der Waals surface area contributed by atoms with Gasteiger partial charge in [-0.25, -0.2) is 4.98 Å². The van der Waals surface area contributed by atoms with E-state index >= 15 is 0 Å². The number of nitrogens with zero attached hydrogens (tertiary/aromatic N) is 2. The summed E-state index contributed by atoms with van der Waals surface area (Å²) >= 11 is 0. The van der Waals surface area contributed by atoms with E-state index in [1.54, 1.807) is 17.0 Å². The zero-order chi connectivity index (χ0) is 12.5. The average molecular weight is 239 g/mol. The van der Waals surface area contributed by atoms with Crippen LogP contribution in [0.25, 0.3) is 0 Å². The van der Waals surface area contributed by atoms with Crippen molar-refractivity contribution in [1.82, 2.24) is 9.55 Å². The minimum absolute atomic E-state index is 0.0502. The van der Waals surface area contributed by atoms with E-state index < -0.39 is 0 Å². The summed E-state index contributed by atoms with van der Waals surface area (Å²) in [6, 6.07) is 0. The van der Waals surface area contributed by atoms with Crippen molar-refractivity contribution in [2.75, 3.05) is 25.1 Å². The van der Waals surface area contributed by atoms with Crippen molar-refractivity contribution in [2.24, 2.45) is 0 Å². The molecule has 1 aromatic heterocycles. The third-order valence-corrected chi connectivity index (χ3v) is 2.34. The highest BCUT2D eigenvalue weighted by atomic mass is 16.5. The molecule has 0 amide bonds. The molecule has 1 aromatic rings. The Kier molecular flexibility index (Phi) is 6.32. The Balaban J connectivity index is 2.48. The molecule has 0 radical (unpaired) electrons. The fraction of sp³-hybridized carbons (Fsp3) is 0.667. The van der Waals surface area contributed by atoms with Gasteiger partial charge < -0.3 is 14.6 Å². The van der Waals surface area contributed by atoms with Gasteiger partial charge in [0.15, 0.2) is 5.82 Å². The van der Waals surface area contributed by atoms with Crippen molar-refractivity contribution in [3.8, 4) is 0 Å². The Morgan fingerprint density at radius 3 is 3.00 bits per heavy atom. The largest absolute Gasteiger partial charge is 0.382 e. The van der Waals surface area contributed by atoms with E-state index in [1.165, 1.54) is 0 Å². The van der Waals surface area contributed by atoms with Crippen LogP contribution in [0, 0.1) is 0 Å². The summed E-state index contributed by atoms with van der Waals surface area (Å²) in [6.07, 6.45) is 5.18. The molecule has 0 saturated carbocycles. The van der Waals surface area contributed by atoms with E-state index in [9.17, 15) is 4.79 Å². The molecule has 5 heteroatoms. The van der Waals surface area contributed by atoms with Crippen LogP contribution in [-0.4, -0.2) is 29.3 Å². The topological polar surface area (TPSA) is 56.1 Å². The molecule has 5 nitrogen and oxygen atoms in total. The lowest BCUT2D eigenvalue weighted by Crippen LogP contribution is -2.24. The van der Waals surface area contributed by atoms with Gasteiger partial charge in [0.25, 0.3) is 5.56 Å². The van der Waals surface area contributed by atoms with Gasteiger partial charge in [-0.2, -0.15) is 0 Å². The van der Waals surface area contributed by atoms with Crippen LogP contribution in [0.5, 0.6) is 0 Å². The van der Waals surface area contributed by atoms with Gasteiger partial charge in [0.05, 0.1) is 0 Å². The Labute approximate surface area is 102 Å². The zero-order valence-electron chi connectivity index (χ0n) is 10.6. The first-order valence-corrected chi connectivity index (χ1v) is 6.16. The molecule has 0 aliphatic carbocycles. The smallest absolute Gasteiger partial charge is 0.293 e. The zero-order valence-corrected chi connectivity index (χ0v) is 10.6. The number of hydrogen-bond acceptors (Lipinski definition) is 4. The quantitative estimate of drug-likeness (QED) is 0.698. The van der Waals surface area contributed by atoms with Crippen LogP contribution < -0.4 is 10.9 Å². The van der Waals surface area contributed by atoms with E-state index in [0.717, 1.165) is 26.0 Å². The molecule has 0 fully saturated rings. The number of rotatable bonds is 8. The average Bonchev–Trinajstić information content (AvgIpc) is 2.33. The number of anilines is 1. The summed E-state index contributed by atoms with van der Waals surface area (Å²) in [5.74, 6) is 0.428. The van der Waals surface area contributed by atoms with Crippen LogP contribution in [-0.2, 0) is 11.3 Å². The summed E-state index contributed by atoms with van der Waals surface area (Å²) in [5.41, 5.74) is -0.0502. The van der Waals surface area contributed by atoms with Crippen molar-refractivity contribution < 1.29 is 4.74 Å². The highest BCUT2D eigenvalue weighted by Gasteiger charge is 2.02. The van der Waals surface area contributed by atoms with Gasteiger partial charge in [-0.05, 0) is 19.8 Å². The normalized spacial score (nSPS) is 10.5. The molecule has 17 heavy (non-hydrogen) atoms. The van der Waals surface area contributed by atoms with Crippen molar-refractivity contribution in [3.05, 3.63) is 22.7 Å². The Bertz CT molecular complexity index is 376. The molecular weight excluding hydrogens is 218 g/mol.